The van der Waals surface area contributed by atoms with Gasteiger partial charge in [0.25, 0.3) is 0 Å². The fourth-order valence-electron chi connectivity index (χ4n) is 1.74. The van der Waals surface area contributed by atoms with Crippen LogP contribution in [-0.4, -0.2) is 5.84 Å². The highest BCUT2D eigenvalue weighted by atomic mass is 35.5. The molecular formula is C15H14Cl2N2O. The van der Waals surface area contributed by atoms with Gasteiger partial charge in [-0.25, -0.2) is 0 Å². The van der Waals surface area contributed by atoms with Crippen molar-refractivity contribution in [2.24, 2.45) is 5.73 Å². The van der Waals surface area contributed by atoms with Crippen LogP contribution in [0.1, 0.15) is 11.1 Å². The first-order chi connectivity index (χ1) is 9.56. The van der Waals surface area contributed by atoms with Gasteiger partial charge in [-0.05, 0) is 23.8 Å². The number of nitrogens with two attached hydrogens (primary N) is 1. The monoisotopic (exact) mass is 308 g/mol. The Morgan fingerprint density at radius 2 is 1.80 bits per heavy atom. The zero-order valence-electron chi connectivity index (χ0n) is 10.7. The quantitative estimate of drug-likeness (QED) is 0.646. The minimum atomic E-state index is 0.143. The molecule has 104 valence electrons. The van der Waals surface area contributed by atoms with Crippen LogP contribution < -0.4 is 10.5 Å². The topological polar surface area (TPSA) is 59.1 Å². The Bertz CT molecular complexity index is 612. The van der Waals surface area contributed by atoms with E-state index < -0.39 is 0 Å². The van der Waals surface area contributed by atoms with Gasteiger partial charge in [-0.15, -0.1) is 0 Å². The molecule has 0 heterocycles. The highest BCUT2D eigenvalue weighted by molar-refractivity contribution is 6.42. The Labute approximate surface area is 127 Å². The number of halogens is 2. The van der Waals surface area contributed by atoms with Crippen molar-refractivity contribution in [3.8, 4) is 5.75 Å². The van der Waals surface area contributed by atoms with Gasteiger partial charge in [0.05, 0.1) is 15.9 Å². The summed E-state index contributed by atoms with van der Waals surface area (Å²) in [5.74, 6) is 0.873. The maximum Gasteiger partial charge on any atom is 0.119 e. The van der Waals surface area contributed by atoms with E-state index in [0.29, 0.717) is 23.1 Å². The minimum absolute atomic E-state index is 0.143. The molecule has 0 aliphatic carbocycles. The van der Waals surface area contributed by atoms with Crippen LogP contribution in [-0.2, 0) is 13.0 Å². The van der Waals surface area contributed by atoms with Crippen LogP contribution in [0.25, 0.3) is 0 Å². The second kappa shape index (κ2) is 6.64. The van der Waals surface area contributed by atoms with E-state index in [4.69, 9.17) is 39.1 Å². The van der Waals surface area contributed by atoms with Crippen LogP contribution in [0, 0.1) is 5.41 Å². The fourth-order valence-corrected chi connectivity index (χ4v) is 2.12. The van der Waals surface area contributed by atoms with Crippen molar-refractivity contribution in [2.45, 2.75) is 13.0 Å². The molecule has 20 heavy (non-hydrogen) atoms. The summed E-state index contributed by atoms with van der Waals surface area (Å²) >= 11 is 12.0. The molecule has 3 N–H and O–H groups in total. The molecule has 2 aromatic rings. The molecule has 0 fully saturated rings. The van der Waals surface area contributed by atoms with Gasteiger partial charge in [-0.2, -0.15) is 0 Å². The van der Waals surface area contributed by atoms with E-state index >= 15 is 0 Å². The summed E-state index contributed by atoms with van der Waals surface area (Å²) in [7, 11) is 0. The zero-order chi connectivity index (χ0) is 14.5. The van der Waals surface area contributed by atoms with Crippen LogP contribution in [0.15, 0.2) is 42.5 Å². The predicted octanol–water partition coefficient (Wildman–Crippen LogP) is 4.05. The lowest BCUT2D eigenvalue weighted by molar-refractivity contribution is 0.306. The van der Waals surface area contributed by atoms with Crippen molar-refractivity contribution < 1.29 is 4.74 Å². The van der Waals surface area contributed by atoms with E-state index in [9.17, 15) is 0 Å². The molecule has 5 heteroatoms. The van der Waals surface area contributed by atoms with Crippen LogP contribution >= 0.6 is 23.2 Å². The van der Waals surface area contributed by atoms with Crippen LogP contribution in [0.2, 0.25) is 10.0 Å². The molecule has 0 saturated carbocycles. The smallest absolute Gasteiger partial charge is 0.119 e. The summed E-state index contributed by atoms with van der Waals surface area (Å²) < 4.78 is 5.66. The largest absolute Gasteiger partial charge is 0.489 e. The summed E-state index contributed by atoms with van der Waals surface area (Å²) in [6.45, 7) is 0.353. The number of hydrogen-bond acceptors (Lipinski definition) is 2. The number of nitrogens with one attached hydrogen (secondary N) is 1. The second-order valence-corrected chi connectivity index (χ2v) is 5.13. The van der Waals surface area contributed by atoms with E-state index in [1.807, 2.05) is 36.4 Å². The molecule has 0 amide bonds. The van der Waals surface area contributed by atoms with Crippen molar-refractivity contribution in [3.63, 3.8) is 0 Å². The van der Waals surface area contributed by atoms with E-state index in [1.165, 1.54) is 0 Å². The van der Waals surface area contributed by atoms with Gasteiger partial charge >= 0.3 is 0 Å². The molecular weight excluding hydrogens is 295 g/mol. The number of hydrogen-bond donors (Lipinski definition) is 2. The molecule has 2 aromatic carbocycles. The third-order valence-corrected chi connectivity index (χ3v) is 3.60. The molecule has 2 rings (SSSR count). The van der Waals surface area contributed by atoms with Gasteiger partial charge < -0.3 is 10.5 Å². The zero-order valence-corrected chi connectivity index (χ0v) is 12.2. The Kier molecular flexibility index (Phi) is 4.88. The SMILES string of the molecule is N=C(N)Cc1ccc(OCc2cccc(Cl)c2Cl)cc1. The van der Waals surface area contributed by atoms with Crippen molar-refractivity contribution >= 4 is 29.0 Å². The lowest BCUT2D eigenvalue weighted by Gasteiger charge is -2.09. The van der Waals surface area contributed by atoms with Gasteiger partial charge in [0, 0.05) is 12.0 Å². The van der Waals surface area contributed by atoms with Crippen LogP contribution in [0.3, 0.4) is 0 Å². The minimum Gasteiger partial charge on any atom is -0.489 e. The van der Waals surface area contributed by atoms with Gasteiger partial charge in [-0.1, -0.05) is 47.5 Å². The molecule has 0 atom stereocenters. The highest BCUT2D eigenvalue weighted by Gasteiger charge is 2.05. The van der Waals surface area contributed by atoms with E-state index in [1.54, 1.807) is 6.07 Å². The van der Waals surface area contributed by atoms with Gasteiger partial charge in [-0.3, -0.25) is 5.41 Å². The summed E-state index contributed by atoms with van der Waals surface area (Å²) in [5.41, 5.74) is 7.17. The van der Waals surface area contributed by atoms with E-state index in [-0.39, 0.29) is 5.84 Å². The summed E-state index contributed by atoms with van der Waals surface area (Å²) in [4.78, 5) is 0. The standard InChI is InChI=1S/C15H14Cl2N2O/c16-13-3-1-2-11(15(13)17)9-20-12-6-4-10(5-7-12)8-14(18)19/h1-7H,8-9H2,(H3,18,19). The lowest BCUT2D eigenvalue weighted by atomic mass is 10.1. The maximum absolute atomic E-state index is 7.24. The molecule has 0 aliphatic heterocycles. The molecule has 3 nitrogen and oxygen atoms in total. The van der Waals surface area contributed by atoms with Crippen molar-refractivity contribution in [2.75, 3.05) is 0 Å². The predicted molar refractivity (Wildman–Crippen MR) is 82.9 cm³/mol. The number of amidine groups is 1. The normalized spacial score (nSPS) is 10.3. The molecule has 0 radical (unpaired) electrons. The average Bonchev–Trinajstić information content (AvgIpc) is 2.41. The maximum atomic E-state index is 7.24. The molecule has 0 saturated heterocycles. The third-order valence-electron chi connectivity index (χ3n) is 2.74. The Morgan fingerprint density at radius 1 is 1.10 bits per heavy atom. The summed E-state index contributed by atoms with van der Waals surface area (Å²) in [6.07, 6.45) is 0.445. The number of benzene rings is 2. The number of ether oxygens (including phenoxy) is 1. The van der Waals surface area contributed by atoms with Crippen molar-refractivity contribution in [1.29, 1.82) is 5.41 Å². The molecule has 0 aromatic heterocycles. The van der Waals surface area contributed by atoms with Crippen molar-refractivity contribution in [3.05, 3.63) is 63.6 Å². The molecule has 0 unspecified atom stereocenters. The average molecular weight is 309 g/mol. The van der Waals surface area contributed by atoms with Gasteiger partial charge in [0.2, 0.25) is 0 Å². The first-order valence-corrected chi connectivity index (χ1v) is 6.79. The summed E-state index contributed by atoms with van der Waals surface area (Å²) in [6, 6.07) is 12.9. The lowest BCUT2D eigenvalue weighted by Crippen LogP contribution is -2.12. The first kappa shape index (κ1) is 14.7. The Hall–Kier alpha value is -1.71. The third kappa shape index (κ3) is 3.89. The highest BCUT2D eigenvalue weighted by Crippen LogP contribution is 2.26. The van der Waals surface area contributed by atoms with Crippen LogP contribution in [0.5, 0.6) is 5.75 Å². The molecule has 0 aliphatic rings. The van der Waals surface area contributed by atoms with E-state index in [2.05, 4.69) is 0 Å². The molecule has 0 spiro atoms. The van der Waals surface area contributed by atoms with Gasteiger partial charge in [0.1, 0.15) is 12.4 Å². The van der Waals surface area contributed by atoms with E-state index in [0.717, 1.165) is 16.9 Å². The summed E-state index contributed by atoms with van der Waals surface area (Å²) in [5, 5.41) is 8.28. The first-order valence-electron chi connectivity index (χ1n) is 6.04. The molecule has 0 bridgehead atoms. The van der Waals surface area contributed by atoms with Gasteiger partial charge in [0.15, 0.2) is 0 Å². The Balaban J connectivity index is 2.00. The fraction of sp³-hybridized carbons (Fsp3) is 0.133. The Morgan fingerprint density at radius 3 is 2.45 bits per heavy atom. The number of rotatable bonds is 5. The van der Waals surface area contributed by atoms with Crippen molar-refractivity contribution in [1.82, 2.24) is 0 Å². The van der Waals surface area contributed by atoms with Crippen LogP contribution in [0.4, 0.5) is 0 Å². The second-order valence-electron chi connectivity index (χ2n) is 4.35.